The van der Waals surface area contributed by atoms with E-state index in [1.54, 1.807) is 0 Å². The molecule has 0 amide bonds. The van der Waals surface area contributed by atoms with Crippen molar-refractivity contribution in [1.82, 2.24) is 4.90 Å². The number of benzene rings is 2. The second-order valence-corrected chi connectivity index (χ2v) is 9.62. The van der Waals surface area contributed by atoms with Gasteiger partial charge in [0.15, 0.2) is 0 Å². The second-order valence-electron chi connectivity index (χ2n) is 8.70. The molecular weight excluding hydrogens is 408 g/mol. The molecule has 0 N–H and O–H groups in total. The summed E-state index contributed by atoms with van der Waals surface area (Å²) in [6.07, 6.45) is 6.08. The van der Waals surface area contributed by atoms with Crippen LogP contribution in [0.3, 0.4) is 0 Å². The average molecular weight is 443 g/mol. The number of halogens is 1. The predicted molar refractivity (Wildman–Crippen MR) is 125 cm³/mol. The lowest BCUT2D eigenvalue weighted by Crippen LogP contribution is -2.49. The lowest BCUT2D eigenvalue weighted by Gasteiger charge is -2.48. The minimum Gasteiger partial charge on any atom is -0.369 e. The molecule has 2 aromatic rings. The van der Waals surface area contributed by atoms with Gasteiger partial charge in [-0.05, 0) is 101 Å². The predicted octanol–water partition coefficient (Wildman–Crippen LogP) is 6.68. The smallest absolute Gasteiger partial charge is 0.0456 e. The molecule has 28 heavy (non-hydrogen) atoms. The highest BCUT2D eigenvalue weighted by Crippen LogP contribution is 2.43. The maximum atomic E-state index is 3.59. The van der Waals surface area contributed by atoms with Gasteiger partial charge in [-0.25, -0.2) is 0 Å². The molecule has 1 aliphatic rings. The van der Waals surface area contributed by atoms with E-state index in [-0.39, 0.29) is 5.54 Å². The number of rotatable bonds is 6. The van der Waals surface area contributed by atoms with E-state index in [1.807, 2.05) is 0 Å². The molecule has 0 aromatic heterocycles. The van der Waals surface area contributed by atoms with Crippen LogP contribution < -0.4 is 4.90 Å². The maximum Gasteiger partial charge on any atom is 0.0456 e. The molecule has 2 nitrogen and oxygen atoms in total. The molecule has 0 saturated heterocycles. The first-order valence-electron chi connectivity index (χ1n) is 10.6. The van der Waals surface area contributed by atoms with Crippen LogP contribution in [0.15, 0.2) is 46.9 Å². The van der Waals surface area contributed by atoms with Crippen molar-refractivity contribution in [2.75, 3.05) is 25.5 Å². The van der Waals surface area contributed by atoms with Crippen molar-refractivity contribution in [2.24, 2.45) is 0 Å². The third-order valence-corrected chi connectivity index (χ3v) is 6.99. The highest BCUT2D eigenvalue weighted by atomic mass is 79.9. The minimum atomic E-state index is 0.150. The standard InChI is InChI=1S/C25H35BrN2/c1-6-15-28(24-17-19(2)16-20(3)18-24)23-11-13-25(14-12-23,27(4)5)21-7-9-22(26)10-8-21/h7-10,16-18,23H,6,11-15H2,1-5H3. The molecule has 1 aliphatic carbocycles. The summed E-state index contributed by atoms with van der Waals surface area (Å²) >= 11 is 3.59. The molecule has 0 bridgehead atoms. The van der Waals surface area contributed by atoms with E-state index in [0.29, 0.717) is 6.04 Å². The van der Waals surface area contributed by atoms with E-state index >= 15 is 0 Å². The summed E-state index contributed by atoms with van der Waals surface area (Å²) in [6, 6.07) is 16.6. The van der Waals surface area contributed by atoms with E-state index in [4.69, 9.17) is 0 Å². The number of anilines is 1. The van der Waals surface area contributed by atoms with Gasteiger partial charge in [0, 0.05) is 28.3 Å². The second kappa shape index (κ2) is 9.00. The molecule has 3 rings (SSSR count). The van der Waals surface area contributed by atoms with Gasteiger partial charge in [-0.1, -0.05) is 41.1 Å². The summed E-state index contributed by atoms with van der Waals surface area (Å²) in [6.45, 7) is 7.86. The van der Waals surface area contributed by atoms with E-state index in [2.05, 4.69) is 103 Å². The molecule has 152 valence electrons. The first-order chi connectivity index (χ1) is 13.4. The highest BCUT2D eigenvalue weighted by Gasteiger charge is 2.40. The van der Waals surface area contributed by atoms with Crippen molar-refractivity contribution >= 4 is 21.6 Å². The summed E-state index contributed by atoms with van der Waals surface area (Å²) in [5.74, 6) is 0. The lowest BCUT2D eigenvalue weighted by molar-refractivity contribution is 0.0902. The van der Waals surface area contributed by atoms with Crippen LogP contribution in [-0.4, -0.2) is 31.6 Å². The third-order valence-electron chi connectivity index (χ3n) is 6.46. The monoisotopic (exact) mass is 442 g/mol. The van der Waals surface area contributed by atoms with Crippen LogP contribution in [0.25, 0.3) is 0 Å². The summed E-state index contributed by atoms with van der Waals surface area (Å²) < 4.78 is 1.16. The molecule has 2 aromatic carbocycles. The molecule has 1 fully saturated rings. The Kier molecular flexibility index (Phi) is 6.88. The van der Waals surface area contributed by atoms with Gasteiger partial charge in [-0.2, -0.15) is 0 Å². The Morgan fingerprint density at radius 2 is 1.54 bits per heavy atom. The largest absolute Gasteiger partial charge is 0.369 e. The van der Waals surface area contributed by atoms with Crippen molar-refractivity contribution in [3.05, 3.63) is 63.6 Å². The Labute approximate surface area is 180 Å². The Hall–Kier alpha value is -1.32. The molecule has 0 atom stereocenters. The number of nitrogens with zero attached hydrogens (tertiary/aromatic N) is 2. The van der Waals surface area contributed by atoms with Gasteiger partial charge in [0.2, 0.25) is 0 Å². The molecule has 0 spiro atoms. The minimum absolute atomic E-state index is 0.150. The van der Waals surface area contributed by atoms with Crippen molar-refractivity contribution < 1.29 is 0 Å². The van der Waals surface area contributed by atoms with E-state index in [1.165, 1.54) is 54.5 Å². The van der Waals surface area contributed by atoms with Crippen LogP contribution in [0, 0.1) is 13.8 Å². The molecule has 3 heteroatoms. The molecule has 0 radical (unpaired) electrons. The first-order valence-corrected chi connectivity index (χ1v) is 11.4. The molecule has 0 aliphatic heterocycles. The van der Waals surface area contributed by atoms with Crippen LogP contribution >= 0.6 is 15.9 Å². The van der Waals surface area contributed by atoms with Gasteiger partial charge in [0.1, 0.15) is 0 Å². The molecular formula is C25H35BrN2. The summed E-state index contributed by atoms with van der Waals surface area (Å²) in [7, 11) is 4.49. The van der Waals surface area contributed by atoms with E-state index < -0.39 is 0 Å². The Morgan fingerprint density at radius 1 is 0.964 bits per heavy atom. The average Bonchev–Trinajstić information content (AvgIpc) is 2.66. The Bertz CT molecular complexity index is 753. The summed E-state index contributed by atoms with van der Waals surface area (Å²) in [5, 5.41) is 0. The van der Waals surface area contributed by atoms with Gasteiger partial charge in [-0.15, -0.1) is 0 Å². The van der Waals surface area contributed by atoms with Crippen LogP contribution in [0.2, 0.25) is 0 Å². The van der Waals surface area contributed by atoms with Gasteiger partial charge < -0.3 is 4.90 Å². The quantitative estimate of drug-likeness (QED) is 0.491. The zero-order valence-electron chi connectivity index (χ0n) is 18.1. The molecule has 0 heterocycles. The summed E-state index contributed by atoms with van der Waals surface area (Å²) in [4.78, 5) is 5.13. The maximum absolute atomic E-state index is 3.59. The topological polar surface area (TPSA) is 6.48 Å². The fourth-order valence-electron chi connectivity index (χ4n) is 5.03. The Balaban J connectivity index is 1.83. The number of aryl methyl sites for hydroxylation is 2. The normalized spacial score (nSPS) is 22.5. The molecule has 0 unspecified atom stereocenters. The van der Waals surface area contributed by atoms with Crippen LogP contribution in [0.5, 0.6) is 0 Å². The van der Waals surface area contributed by atoms with Crippen LogP contribution in [0.4, 0.5) is 5.69 Å². The zero-order valence-corrected chi connectivity index (χ0v) is 19.7. The van der Waals surface area contributed by atoms with E-state index in [0.717, 1.165) is 11.0 Å². The number of hydrogen-bond donors (Lipinski definition) is 0. The van der Waals surface area contributed by atoms with Gasteiger partial charge >= 0.3 is 0 Å². The fourth-order valence-corrected chi connectivity index (χ4v) is 5.29. The Morgan fingerprint density at radius 3 is 2.04 bits per heavy atom. The van der Waals surface area contributed by atoms with Crippen molar-refractivity contribution in [3.8, 4) is 0 Å². The van der Waals surface area contributed by atoms with Crippen LogP contribution in [-0.2, 0) is 5.54 Å². The van der Waals surface area contributed by atoms with E-state index in [9.17, 15) is 0 Å². The SMILES string of the molecule is CCCN(c1cc(C)cc(C)c1)C1CCC(c2ccc(Br)cc2)(N(C)C)CC1. The zero-order chi connectivity index (χ0) is 20.3. The van der Waals surface area contributed by atoms with Gasteiger partial charge in [-0.3, -0.25) is 4.90 Å². The van der Waals surface area contributed by atoms with Gasteiger partial charge in [0.25, 0.3) is 0 Å². The van der Waals surface area contributed by atoms with Crippen molar-refractivity contribution in [3.63, 3.8) is 0 Å². The van der Waals surface area contributed by atoms with Crippen molar-refractivity contribution in [1.29, 1.82) is 0 Å². The van der Waals surface area contributed by atoms with Crippen molar-refractivity contribution in [2.45, 2.75) is 64.5 Å². The highest BCUT2D eigenvalue weighted by molar-refractivity contribution is 9.10. The first kappa shape index (κ1) is 21.4. The van der Waals surface area contributed by atoms with Gasteiger partial charge in [0.05, 0.1) is 0 Å². The lowest BCUT2D eigenvalue weighted by atomic mass is 9.73. The third kappa shape index (κ3) is 4.46. The molecule has 1 saturated carbocycles. The summed E-state index contributed by atoms with van der Waals surface area (Å²) in [5.41, 5.74) is 5.74. The fraction of sp³-hybridized carbons (Fsp3) is 0.520. The number of hydrogen-bond acceptors (Lipinski definition) is 2. The van der Waals surface area contributed by atoms with Crippen LogP contribution in [0.1, 0.15) is 55.7 Å².